The van der Waals surface area contributed by atoms with Gasteiger partial charge in [-0.2, -0.15) is 0 Å². The van der Waals surface area contributed by atoms with Crippen LogP contribution < -0.4 is 0 Å². The van der Waals surface area contributed by atoms with Crippen LogP contribution in [0.5, 0.6) is 0 Å². The van der Waals surface area contributed by atoms with Gasteiger partial charge in [-0.15, -0.1) is 0 Å². The molecular formula is C74H136NO8+. The molecule has 1 N–H and O–H groups in total. The zero-order valence-corrected chi connectivity index (χ0v) is 55.4. The van der Waals surface area contributed by atoms with E-state index in [1.807, 2.05) is 21.1 Å². The molecule has 0 saturated heterocycles. The Balaban J connectivity index is 4.05. The molecule has 9 nitrogen and oxygen atoms in total. The zero-order chi connectivity index (χ0) is 60.5. The third-order valence-corrected chi connectivity index (χ3v) is 15.8. The Morgan fingerprint density at radius 1 is 0.373 bits per heavy atom. The predicted octanol–water partition coefficient (Wildman–Crippen LogP) is 21.9. The number of rotatable bonds is 66. The molecule has 0 radical (unpaired) electrons. The van der Waals surface area contributed by atoms with Crippen LogP contribution in [-0.2, 0) is 33.3 Å². The lowest BCUT2D eigenvalue weighted by molar-refractivity contribution is -0.870. The van der Waals surface area contributed by atoms with E-state index >= 15 is 0 Å². The predicted molar refractivity (Wildman–Crippen MR) is 355 cm³/mol. The molecule has 0 spiro atoms. The number of aliphatic carboxylic acids is 1. The van der Waals surface area contributed by atoms with Crippen LogP contribution in [0.1, 0.15) is 335 Å². The van der Waals surface area contributed by atoms with Crippen molar-refractivity contribution in [2.45, 2.75) is 347 Å². The molecule has 0 aliphatic rings. The molecule has 83 heavy (non-hydrogen) atoms. The quantitative estimate of drug-likeness (QED) is 0.0211. The number of allylic oxidation sites excluding steroid dienone is 10. The minimum atomic E-state index is -1.51. The number of hydrogen-bond donors (Lipinski definition) is 1. The summed E-state index contributed by atoms with van der Waals surface area (Å²) in [6.07, 6.45) is 82.0. The fourth-order valence-electron chi connectivity index (χ4n) is 10.4. The maximum atomic E-state index is 12.9. The van der Waals surface area contributed by atoms with Gasteiger partial charge in [0.05, 0.1) is 34.4 Å². The first-order chi connectivity index (χ1) is 40.6. The van der Waals surface area contributed by atoms with Gasteiger partial charge in [-0.3, -0.25) is 9.59 Å². The van der Waals surface area contributed by atoms with Crippen LogP contribution in [0.4, 0.5) is 0 Å². The fourth-order valence-corrected chi connectivity index (χ4v) is 10.4. The zero-order valence-electron chi connectivity index (χ0n) is 55.4. The van der Waals surface area contributed by atoms with Gasteiger partial charge < -0.3 is 28.5 Å². The number of nitrogens with zero attached hydrogens (tertiary/aromatic N) is 1. The average Bonchev–Trinajstić information content (AvgIpc) is 3.46. The summed E-state index contributed by atoms with van der Waals surface area (Å²) in [5.41, 5.74) is 0. The Kier molecular flexibility index (Phi) is 62.6. The van der Waals surface area contributed by atoms with Gasteiger partial charge in [0, 0.05) is 12.8 Å². The van der Waals surface area contributed by atoms with Gasteiger partial charge in [0.2, 0.25) is 0 Å². The molecule has 0 aliphatic carbocycles. The monoisotopic (exact) mass is 1170 g/mol. The van der Waals surface area contributed by atoms with Gasteiger partial charge >= 0.3 is 17.9 Å². The van der Waals surface area contributed by atoms with E-state index in [9.17, 15) is 19.5 Å². The van der Waals surface area contributed by atoms with Crippen LogP contribution in [0.15, 0.2) is 60.8 Å². The molecule has 0 saturated carbocycles. The average molecular weight is 1170 g/mol. The molecule has 0 aromatic heterocycles. The molecule has 2 atom stereocenters. The first kappa shape index (κ1) is 80.0. The lowest BCUT2D eigenvalue weighted by Gasteiger charge is -2.25. The van der Waals surface area contributed by atoms with Crippen LogP contribution in [0.25, 0.3) is 0 Å². The van der Waals surface area contributed by atoms with Crippen LogP contribution in [0.2, 0.25) is 0 Å². The maximum absolute atomic E-state index is 12.9. The second-order valence-electron chi connectivity index (χ2n) is 25.2. The summed E-state index contributed by atoms with van der Waals surface area (Å²) >= 11 is 0. The van der Waals surface area contributed by atoms with Gasteiger partial charge in [-0.05, 0) is 77.0 Å². The number of unbranched alkanes of at least 4 members (excludes halogenated alkanes) is 41. The molecule has 484 valence electrons. The number of carbonyl (C=O) groups is 3. The summed E-state index contributed by atoms with van der Waals surface area (Å²) in [6, 6.07) is 0. The van der Waals surface area contributed by atoms with Gasteiger partial charge in [0.1, 0.15) is 13.2 Å². The number of carboxylic acids is 1. The first-order valence-corrected chi connectivity index (χ1v) is 35.5. The Labute approximate surface area is 514 Å². The molecule has 0 heterocycles. The highest BCUT2D eigenvalue weighted by molar-refractivity contribution is 5.71. The Bertz CT molecular complexity index is 1550. The van der Waals surface area contributed by atoms with Crippen molar-refractivity contribution < 1.29 is 42.9 Å². The topological polar surface area (TPSA) is 108 Å². The summed E-state index contributed by atoms with van der Waals surface area (Å²) in [4.78, 5) is 37.6. The Morgan fingerprint density at radius 2 is 0.687 bits per heavy atom. The molecule has 0 aromatic rings. The van der Waals surface area contributed by atoms with Crippen molar-refractivity contribution in [2.75, 3.05) is 47.5 Å². The SMILES string of the molecule is CC/C=C\C/C=C\C/C=C\C/C=C\CCCCCCCCCCCCCCC(=O)OC(COC(=O)CCCCCCCCCCCCCCCCCCCCCCC/C=C\CCCCCCCCCC)COC(OCC[N+](C)(C)C)C(=O)O. The van der Waals surface area contributed by atoms with Crippen molar-refractivity contribution in [3.8, 4) is 0 Å². The third-order valence-electron chi connectivity index (χ3n) is 15.8. The van der Waals surface area contributed by atoms with E-state index in [1.165, 1.54) is 244 Å². The Morgan fingerprint density at radius 3 is 1.04 bits per heavy atom. The molecule has 0 aromatic carbocycles. The van der Waals surface area contributed by atoms with E-state index in [-0.39, 0.29) is 32.2 Å². The third kappa shape index (κ3) is 66.4. The molecular weight excluding hydrogens is 1030 g/mol. The lowest BCUT2D eigenvalue weighted by atomic mass is 10.0. The van der Waals surface area contributed by atoms with Gasteiger partial charge in [-0.1, -0.05) is 306 Å². The summed E-state index contributed by atoms with van der Waals surface area (Å²) in [6.45, 7) is 4.81. The second-order valence-corrected chi connectivity index (χ2v) is 25.2. The van der Waals surface area contributed by atoms with Crippen molar-refractivity contribution in [3.05, 3.63) is 60.8 Å². The second kappa shape index (κ2) is 65.0. The molecule has 0 fully saturated rings. The van der Waals surface area contributed by atoms with Crippen molar-refractivity contribution in [2.24, 2.45) is 0 Å². The maximum Gasteiger partial charge on any atom is 0.361 e. The number of carbonyl (C=O) groups excluding carboxylic acids is 2. The summed E-state index contributed by atoms with van der Waals surface area (Å²) in [7, 11) is 5.98. The van der Waals surface area contributed by atoms with Crippen molar-refractivity contribution in [1.29, 1.82) is 0 Å². The van der Waals surface area contributed by atoms with E-state index in [0.29, 0.717) is 17.4 Å². The fraction of sp³-hybridized carbons (Fsp3) is 0.824. The molecule has 0 amide bonds. The van der Waals surface area contributed by atoms with E-state index < -0.39 is 24.3 Å². The number of hydrogen-bond acceptors (Lipinski definition) is 7. The number of carboxylic acid groups (broad SMARTS) is 1. The van der Waals surface area contributed by atoms with Gasteiger partial charge in [0.25, 0.3) is 6.29 Å². The number of likely N-dealkylation sites (N-methyl/N-ethyl adjacent to an activating group) is 1. The largest absolute Gasteiger partial charge is 0.477 e. The Hall–Kier alpha value is -3.01. The van der Waals surface area contributed by atoms with Crippen LogP contribution in [0, 0.1) is 0 Å². The van der Waals surface area contributed by atoms with Crippen molar-refractivity contribution in [1.82, 2.24) is 0 Å². The summed E-state index contributed by atoms with van der Waals surface area (Å²) in [5, 5.41) is 9.75. The number of quaternary nitrogens is 1. The molecule has 0 aliphatic heterocycles. The minimum Gasteiger partial charge on any atom is -0.477 e. The van der Waals surface area contributed by atoms with E-state index in [0.717, 1.165) is 64.2 Å². The first-order valence-electron chi connectivity index (χ1n) is 35.5. The van der Waals surface area contributed by atoms with E-state index in [2.05, 4.69) is 74.6 Å². The van der Waals surface area contributed by atoms with E-state index in [1.54, 1.807) is 0 Å². The molecule has 0 bridgehead atoms. The minimum absolute atomic E-state index is 0.180. The van der Waals surface area contributed by atoms with Gasteiger partial charge in [-0.25, -0.2) is 4.79 Å². The summed E-state index contributed by atoms with van der Waals surface area (Å²) in [5.74, 6) is -1.99. The highest BCUT2D eigenvalue weighted by Gasteiger charge is 2.25. The van der Waals surface area contributed by atoms with Crippen molar-refractivity contribution in [3.63, 3.8) is 0 Å². The number of ether oxygens (including phenoxy) is 4. The smallest absolute Gasteiger partial charge is 0.361 e. The van der Waals surface area contributed by atoms with Crippen LogP contribution >= 0.6 is 0 Å². The lowest BCUT2D eigenvalue weighted by Crippen LogP contribution is -2.40. The normalized spacial score (nSPS) is 13.0. The molecule has 9 heteroatoms. The highest BCUT2D eigenvalue weighted by atomic mass is 16.7. The van der Waals surface area contributed by atoms with Crippen molar-refractivity contribution >= 4 is 17.9 Å². The van der Waals surface area contributed by atoms with E-state index in [4.69, 9.17) is 18.9 Å². The highest BCUT2D eigenvalue weighted by Crippen LogP contribution is 2.18. The molecule has 0 rings (SSSR count). The van der Waals surface area contributed by atoms with Crippen LogP contribution in [0.3, 0.4) is 0 Å². The van der Waals surface area contributed by atoms with Crippen LogP contribution in [-0.4, -0.2) is 87.4 Å². The van der Waals surface area contributed by atoms with Gasteiger partial charge in [0.15, 0.2) is 6.10 Å². The number of esters is 2. The molecule has 2 unspecified atom stereocenters. The standard InChI is InChI=1S/C74H135NO8/c1-6-8-10-12-14-16-18-20-22-24-26-28-30-32-33-34-35-36-37-38-39-41-42-44-46-48-50-52-54-56-58-60-62-64-71(76)81-68-70(69-82-74(73(78)79)80-67-66-75(3,4)5)83-72(77)65-63-61-59-57-55-53-51-49-47-45-43-40-31-29-27-25-23-21-19-17-15-13-11-9-7-2/h9,11,15,17,21,23-24,26-27,29,70,74H,6-8,10,12-14,16,18-20,22,25,28,30-69H2,1-5H3/p+1/b11-9-,17-15-,23-21-,26-24-,29-27-. The summed E-state index contributed by atoms with van der Waals surface area (Å²) < 4.78 is 23.0.